The van der Waals surface area contributed by atoms with Crippen molar-refractivity contribution in [3.63, 3.8) is 0 Å². The van der Waals surface area contributed by atoms with E-state index in [1.54, 1.807) is 13.0 Å². The number of anilines is 1. The number of benzene rings is 1. The Kier molecular flexibility index (Phi) is 3.74. The third-order valence-corrected chi connectivity index (χ3v) is 2.50. The number of nitrogens with one attached hydrogen (secondary N) is 1. The first-order valence-corrected chi connectivity index (χ1v) is 5.64. The summed E-state index contributed by atoms with van der Waals surface area (Å²) in [7, 11) is 1.48. The molecule has 0 aliphatic rings. The molecule has 0 unspecified atom stereocenters. The molecule has 1 aromatic heterocycles. The largest absolute Gasteiger partial charge is 0.430 e. The van der Waals surface area contributed by atoms with E-state index in [0.29, 0.717) is 0 Å². The van der Waals surface area contributed by atoms with E-state index >= 15 is 0 Å². The smallest absolute Gasteiger partial charge is 0.373 e. The van der Waals surface area contributed by atoms with Crippen molar-refractivity contribution >= 4 is 11.5 Å². The molecule has 0 saturated carbocycles. The van der Waals surface area contributed by atoms with Gasteiger partial charge in [0.25, 0.3) is 0 Å². The number of ether oxygens (including phenoxy) is 1. The maximum absolute atomic E-state index is 13.6. The highest BCUT2D eigenvalue weighted by molar-refractivity contribution is 5.61. The number of aromatic nitrogens is 2. The number of halogens is 1. The minimum Gasteiger partial charge on any atom is -0.430 e. The molecule has 8 heteroatoms. The van der Waals surface area contributed by atoms with Crippen molar-refractivity contribution in [1.82, 2.24) is 9.97 Å². The zero-order valence-electron chi connectivity index (χ0n) is 10.8. The average Bonchev–Trinajstić information content (AvgIpc) is 2.42. The Labute approximate surface area is 113 Å². The van der Waals surface area contributed by atoms with Gasteiger partial charge in [-0.2, -0.15) is 4.98 Å². The zero-order chi connectivity index (χ0) is 14.7. The molecule has 0 radical (unpaired) electrons. The molecule has 1 heterocycles. The Morgan fingerprint density at radius 1 is 1.40 bits per heavy atom. The molecule has 7 nitrogen and oxygen atoms in total. The first-order valence-electron chi connectivity index (χ1n) is 5.64. The molecular weight excluding hydrogens is 267 g/mol. The summed E-state index contributed by atoms with van der Waals surface area (Å²) in [4.78, 5) is 17.8. The minimum atomic E-state index is -0.686. The van der Waals surface area contributed by atoms with Crippen LogP contribution in [0.1, 0.15) is 5.56 Å². The molecule has 0 saturated heterocycles. The fraction of sp³-hybridized carbons (Fsp3) is 0.167. The first-order chi connectivity index (χ1) is 9.52. The number of hydrogen-bond donors (Lipinski definition) is 1. The Hall–Kier alpha value is -2.77. The van der Waals surface area contributed by atoms with Crippen LogP contribution >= 0.6 is 0 Å². The summed E-state index contributed by atoms with van der Waals surface area (Å²) in [6.45, 7) is 1.75. The summed E-state index contributed by atoms with van der Waals surface area (Å²) < 4.78 is 18.8. The SMILES string of the molecule is CNc1ncnc(Oc2cc(C)ccc2F)c1[N+](=O)[O-]. The lowest BCUT2D eigenvalue weighted by Gasteiger charge is -2.08. The van der Waals surface area contributed by atoms with Gasteiger partial charge in [0.1, 0.15) is 6.33 Å². The minimum absolute atomic E-state index is 0.00642. The summed E-state index contributed by atoms with van der Waals surface area (Å²) in [5.74, 6) is -1.09. The van der Waals surface area contributed by atoms with Crippen LogP contribution < -0.4 is 10.1 Å². The fourth-order valence-electron chi connectivity index (χ4n) is 1.58. The van der Waals surface area contributed by atoms with E-state index in [0.717, 1.165) is 11.9 Å². The summed E-state index contributed by atoms with van der Waals surface area (Å²) >= 11 is 0. The number of hydrogen-bond acceptors (Lipinski definition) is 6. The van der Waals surface area contributed by atoms with Gasteiger partial charge in [0, 0.05) is 7.05 Å². The molecule has 0 aliphatic heterocycles. The molecule has 0 aliphatic carbocycles. The molecule has 1 N–H and O–H groups in total. The van der Waals surface area contributed by atoms with Crippen molar-refractivity contribution < 1.29 is 14.1 Å². The maximum Gasteiger partial charge on any atom is 0.373 e. The monoisotopic (exact) mass is 278 g/mol. The summed E-state index contributed by atoms with van der Waals surface area (Å²) in [6, 6.07) is 4.21. The summed E-state index contributed by atoms with van der Waals surface area (Å²) in [5.41, 5.74) is 0.308. The molecule has 0 fully saturated rings. The highest BCUT2D eigenvalue weighted by atomic mass is 19.1. The van der Waals surface area contributed by atoms with Crippen LogP contribution in [0.5, 0.6) is 11.6 Å². The molecule has 2 aromatic rings. The Bertz CT molecular complexity index is 663. The Morgan fingerprint density at radius 3 is 2.80 bits per heavy atom. The van der Waals surface area contributed by atoms with Crippen LogP contribution in [0.15, 0.2) is 24.5 Å². The molecule has 0 bridgehead atoms. The molecule has 104 valence electrons. The molecular formula is C12H11FN4O3. The van der Waals surface area contributed by atoms with Crippen LogP contribution in [-0.2, 0) is 0 Å². The summed E-state index contributed by atoms with van der Waals surface area (Å²) in [6.07, 6.45) is 1.10. The number of nitrogens with zero attached hydrogens (tertiary/aromatic N) is 3. The molecule has 1 aromatic carbocycles. The van der Waals surface area contributed by atoms with Gasteiger partial charge in [-0.15, -0.1) is 0 Å². The zero-order valence-corrected chi connectivity index (χ0v) is 10.8. The first kappa shape index (κ1) is 13.7. The molecule has 0 spiro atoms. The second-order valence-electron chi connectivity index (χ2n) is 3.92. The fourth-order valence-corrected chi connectivity index (χ4v) is 1.58. The van der Waals surface area contributed by atoms with E-state index in [4.69, 9.17) is 4.74 Å². The lowest BCUT2D eigenvalue weighted by Crippen LogP contribution is -2.03. The molecule has 2 rings (SSSR count). The topological polar surface area (TPSA) is 90.2 Å². The molecule has 0 atom stereocenters. The number of aryl methyl sites for hydroxylation is 1. The van der Waals surface area contributed by atoms with Crippen molar-refractivity contribution in [3.8, 4) is 11.6 Å². The number of nitro groups is 1. The van der Waals surface area contributed by atoms with Crippen molar-refractivity contribution in [3.05, 3.63) is 46.0 Å². The second-order valence-corrected chi connectivity index (χ2v) is 3.92. The highest BCUT2D eigenvalue weighted by Crippen LogP contribution is 2.34. The van der Waals surface area contributed by atoms with Crippen LogP contribution in [0, 0.1) is 22.9 Å². The van der Waals surface area contributed by atoms with Crippen LogP contribution in [0.3, 0.4) is 0 Å². The van der Waals surface area contributed by atoms with E-state index in [-0.39, 0.29) is 17.4 Å². The van der Waals surface area contributed by atoms with Gasteiger partial charge in [0.05, 0.1) is 4.92 Å². The van der Waals surface area contributed by atoms with Crippen molar-refractivity contribution in [2.75, 3.05) is 12.4 Å². The van der Waals surface area contributed by atoms with Gasteiger partial charge in [-0.3, -0.25) is 10.1 Å². The van der Waals surface area contributed by atoms with E-state index in [1.165, 1.54) is 19.2 Å². The normalized spacial score (nSPS) is 10.2. The lowest BCUT2D eigenvalue weighted by atomic mass is 10.2. The van der Waals surface area contributed by atoms with Gasteiger partial charge in [-0.1, -0.05) is 6.07 Å². The van der Waals surface area contributed by atoms with Crippen LogP contribution in [0.25, 0.3) is 0 Å². The average molecular weight is 278 g/mol. The van der Waals surface area contributed by atoms with Gasteiger partial charge in [-0.25, -0.2) is 9.37 Å². The molecule has 0 amide bonds. The van der Waals surface area contributed by atoms with Gasteiger partial charge in [0.15, 0.2) is 11.6 Å². The summed E-state index contributed by atoms with van der Waals surface area (Å²) in [5, 5.41) is 13.6. The van der Waals surface area contributed by atoms with E-state index in [1.807, 2.05) is 0 Å². The quantitative estimate of drug-likeness (QED) is 0.683. The van der Waals surface area contributed by atoms with E-state index < -0.39 is 16.4 Å². The van der Waals surface area contributed by atoms with Gasteiger partial charge < -0.3 is 10.1 Å². The third-order valence-electron chi connectivity index (χ3n) is 2.50. The van der Waals surface area contributed by atoms with Gasteiger partial charge in [0.2, 0.25) is 5.82 Å². The van der Waals surface area contributed by atoms with Crippen LogP contribution in [0.4, 0.5) is 15.9 Å². The van der Waals surface area contributed by atoms with Crippen molar-refractivity contribution in [2.24, 2.45) is 0 Å². The van der Waals surface area contributed by atoms with Gasteiger partial charge >= 0.3 is 11.6 Å². The molecule has 20 heavy (non-hydrogen) atoms. The van der Waals surface area contributed by atoms with Crippen LogP contribution in [0.2, 0.25) is 0 Å². The third kappa shape index (κ3) is 2.63. The van der Waals surface area contributed by atoms with E-state index in [2.05, 4.69) is 15.3 Å². The van der Waals surface area contributed by atoms with Crippen molar-refractivity contribution in [1.29, 1.82) is 0 Å². The highest BCUT2D eigenvalue weighted by Gasteiger charge is 2.24. The maximum atomic E-state index is 13.6. The van der Waals surface area contributed by atoms with Crippen LogP contribution in [-0.4, -0.2) is 21.9 Å². The predicted octanol–water partition coefficient (Wildman–Crippen LogP) is 2.67. The predicted molar refractivity (Wildman–Crippen MR) is 69.4 cm³/mol. The van der Waals surface area contributed by atoms with E-state index in [9.17, 15) is 14.5 Å². The number of rotatable bonds is 4. The Morgan fingerprint density at radius 2 is 2.15 bits per heavy atom. The lowest BCUT2D eigenvalue weighted by molar-refractivity contribution is -0.385. The second kappa shape index (κ2) is 5.47. The van der Waals surface area contributed by atoms with Crippen molar-refractivity contribution in [2.45, 2.75) is 6.92 Å². The van der Waals surface area contributed by atoms with Gasteiger partial charge in [-0.05, 0) is 24.6 Å². The standard InChI is InChI=1S/C12H11FN4O3/c1-7-3-4-8(13)9(5-7)20-12-10(17(18)19)11(14-2)15-6-16-12/h3-6H,1-2H3,(H,14,15,16). The Balaban J connectivity index is 2.48.